The van der Waals surface area contributed by atoms with Gasteiger partial charge in [0.15, 0.2) is 0 Å². The molecule has 0 bridgehead atoms. The fraction of sp³-hybridized carbons (Fsp3) is 0.538. The lowest BCUT2D eigenvalue weighted by Gasteiger charge is -2.23. The molecule has 1 aromatic rings. The van der Waals surface area contributed by atoms with E-state index in [-0.39, 0.29) is 11.7 Å². The second kappa shape index (κ2) is 6.11. The molecule has 6 heteroatoms. The van der Waals surface area contributed by atoms with E-state index in [1.165, 1.54) is 0 Å². The molecule has 0 aliphatic carbocycles. The number of hydrogen-bond acceptors (Lipinski definition) is 3. The van der Waals surface area contributed by atoms with Gasteiger partial charge in [0.1, 0.15) is 0 Å². The minimum absolute atomic E-state index is 0.159. The van der Waals surface area contributed by atoms with Gasteiger partial charge in [0.2, 0.25) is 10.0 Å². The topological polar surface area (TPSA) is 58.2 Å². The Bertz CT molecular complexity index is 540. The number of sulfonamides is 1. The van der Waals surface area contributed by atoms with Crippen LogP contribution in [0.25, 0.3) is 0 Å². The Kier molecular flexibility index (Phi) is 4.71. The quantitative estimate of drug-likeness (QED) is 0.898. The van der Waals surface area contributed by atoms with Crippen molar-refractivity contribution < 1.29 is 8.42 Å². The lowest BCUT2D eigenvalue weighted by Crippen LogP contribution is -2.35. The lowest BCUT2D eigenvalue weighted by molar-refractivity contribution is 0.404. The SMILES string of the molecule is Cc1c(Cl)cccc1NS(=O)(=O)CC1CCCNC1. The molecule has 19 heavy (non-hydrogen) atoms. The van der Waals surface area contributed by atoms with Crippen molar-refractivity contribution in [1.82, 2.24) is 5.32 Å². The summed E-state index contributed by atoms with van der Waals surface area (Å²) in [5, 5.41) is 3.80. The van der Waals surface area contributed by atoms with Gasteiger partial charge in [-0.15, -0.1) is 0 Å². The van der Waals surface area contributed by atoms with Crippen molar-refractivity contribution in [2.24, 2.45) is 5.92 Å². The highest BCUT2D eigenvalue weighted by molar-refractivity contribution is 7.92. The molecule has 0 radical (unpaired) electrons. The first-order valence-electron chi connectivity index (χ1n) is 6.44. The summed E-state index contributed by atoms with van der Waals surface area (Å²) < 4.78 is 26.9. The van der Waals surface area contributed by atoms with Gasteiger partial charge in [-0.05, 0) is 56.5 Å². The highest BCUT2D eigenvalue weighted by Gasteiger charge is 2.21. The highest BCUT2D eigenvalue weighted by atomic mass is 35.5. The molecule has 1 heterocycles. The summed E-state index contributed by atoms with van der Waals surface area (Å²) in [6, 6.07) is 5.23. The van der Waals surface area contributed by atoms with Crippen LogP contribution in [0.15, 0.2) is 18.2 Å². The molecule has 0 spiro atoms. The van der Waals surface area contributed by atoms with Crippen LogP contribution in [0.4, 0.5) is 5.69 Å². The fourth-order valence-corrected chi connectivity index (χ4v) is 4.02. The van der Waals surface area contributed by atoms with Crippen molar-refractivity contribution in [2.45, 2.75) is 19.8 Å². The van der Waals surface area contributed by atoms with Crippen LogP contribution in [0.1, 0.15) is 18.4 Å². The van der Waals surface area contributed by atoms with E-state index < -0.39 is 10.0 Å². The lowest BCUT2D eigenvalue weighted by atomic mass is 10.0. The number of nitrogens with one attached hydrogen (secondary N) is 2. The van der Waals surface area contributed by atoms with Gasteiger partial charge in [-0.2, -0.15) is 0 Å². The van der Waals surface area contributed by atoms with Gasteiger partial charge in [-0.3, -0.25) is 4.72 Å². The molecule has 1 saturated heterocycles. The molecule has 0 saturated carbocycles. The molecule has 0 amide bonds. The number of hydrogen-bond donors (Lipinski definition) is 2. The molecule has 1 aromatic carbocycles. The van der Waals surface area contributed by atoms with Gasteiger partial charge in [0.25, 0.3) is 0 Å². The van der Waals surface area contributed by atoms with Crippen LogP contribution >= 0.6 is 11.6 Å². The maximum Gasteiger partial charge on any atom is 0.233 e. The number of benzene rings is 1. The van der Waals surface area contributed by atoms with Gasteiger partial charge >= 0.3 is 0 Å². The third kappa shape index (κ3) is 4.09. The van der Waals surface area contributed by atoms with Crippen molar-refractivity contribution in [3.05, 3.63) is 28.8 Å². The minimum Gasteiger partial charge on any atom is -0.316 e. The molecule has 2 rings (SSSR count). The van der Waals surface area contributed by atoms with Gasteiger partial charge in [0.05, 0.1) is 11.4 Å². The number of piperidine rings is 1. The van der Waals surface area contributed by atoms with Crippen LogP contribution in [0.2, 0.25) is 5.02 Å². The van der Waals surface area contributed by atoms with Crippen molar-refractivity contribution in [1.29, 1.82) is 0 Å². The van der Waals surface area contributed by atoms with E-state index in [0.717, 1.165) is 31.5 Å². The maximum absolute atomic E-state index is 12.1. The Balaban J connectivity index is 2.06. The molecule has 1 atom stereocenters. The molecule has 1 fully saturated rings. The first-order chi connectivity index (χ1) is 8.98. The average Bonchev–Trinajstić information content (AvgIpc) is 2.35. The molecule has 1 aliphatic rings. The normalized spacial score (nSPS) is 20.2. The first-order valence-corrected chi connectivity index (χ1v) is 8.47. The van der Waals surface area contributed by atoms with Crippen LogP contribution in [0, 0.1) is 12.8 Å². The third-order valence-corrected chi connectivity index (χ3v) is 5.24. The number of halogens is 1. The average molecular weight is 303 g/mol. The molecular weight excluding hydrogens is 284 g/mol. The van der Waals surface area contributed by atoms with E-state index in [1.54, 1.807) is 18.2 Å². The largest absolute Gasteiger partial charge is 0.316 e. The van der Waals surface area contributed by atoms with E-state index in [4.69, 9.17) is 11.6 Å². The summed E-state index contributed by atoms with van der Waals surface area (Å²) in [4.78, 5) is 0. The van der Waals surface area contributed by atoms with Crippen LogP contribution in [0.5, 0.6) is 0 Å². The zero-order valence-corrected chi connectivity index (χ0v) is 12.5. The van der Waals surface area contributed by atoms with Crippen molar-refractivity contribution >= 4 is 27.3 Å². The Morgan fingerprint density at radius 1 is 1.47 bits per heavy atom. The van der Waals surface area contributed by atoms with Crippen molar-refractivity contribution in [2.75, 3.05) is 23.6 Å². The molecule has 2 N–H and O–H groups in total. The predicted molar refractivity (Wildman–Crippen MR) is 79.2 cm³/mol. The summed E-state index contributed by atoms with van der Waals surface area (Å²) in [5.74, 6) is 0.345. The van der Waals surface area contributed by atoms with Gasteiger partial charge in [-0.25, -0.2) is 8.42 Å². The summed E-state index contributed by atoms with van der Waals surface area (Å²) >= 11 is 5.99. The van der Waals surface area contributed by atoms with Crippen LogP contribution < -0.4 is 10.0 Å². The number of rotatable bonds is 4. The second-order valence-electron chi connectivity index (χ2n) is 5.01. The molecule has 0 aromatic heterocycles. The molecule has 1 unspecified atom stereocenters. The summed E-state index contributed by atoms with van der Waals surface area (Å²) in [6.07, 6.45) is 2.00. The zero-order chi connectivity index (χ0) is 13.9. The van der Waals surface area contributed by atoms with Crippen LogP contribution in [-0.4, -0.2) is 27.3 Å². The van der Waals surface area contributed by atoms with Crippen molar-refractivity contribution in [3.63, 3.8) is 0 Å². The van der Waals surface area contributed by atoms with Gasteiger partial charge in [-0.1, -0.05) is 17.7 Å². The number of anilines is 1. The highest BCUT2D eigenvalue weighted by Crippen LogP contribution is 2.24. The van der Waals surface area contributed by atoms with E-state index >= 15 is 0 Å². The molecule has 106 valence electrons. The second-order valence-corrected chi connectivity index (χ2v) is 7.18. The Morgan fingerprint density at radius 3 is 2.95 bits per heavy atom. The monoisotopic (exact) mass is 302 g/mol. The van der Waals surface area contributed by atoms with E-state index in [2.05, 4.69) is 10.0 Å². The van der Waals surface area contributed by atoms with Crippen molar-refractivity contribution in [3.8, 4) is 0 Å². The van der Waals surface area contributed by atoms with Crippen LogP contribution in [-0.2, 0) is 10.0 Å². The summed E-state index contributed by atoms with van der Waals surface area (Å²) in [7, 11) is -3.32. The fourth-order valence-electron chi connectivity index (χ4n) is 2.30. The van der Waals surface area contributed by atoms with E-state index in [1.807, 2.05) is 6.92 Å². The predicted octanol–water partition coefficient (Wildman–Crippen LogP) is 2.39. The van der Waals surface area contributed by atoms with E-state index in [9.17, 15) is 8.42 Å². The maximum atomic E-state index is 12.1. The Hall–Kier alpha value is -0.780. The standard InChI is InChI=1S/C13H19ClN2O2S/c1-10-12(14)5-2-6-13(10)16-19(17,18)9-11-4-3-7-15-8-11/h2,5-6,11,15-16H,3-4,7-9H2,1H3. The molecule has 4 nitrogen and oxygen atoms in total. The van der Waals surface area contributed by atoms with Gasteiger partial charge < -0.3 is 5.32 Å². The third-order valence-electron chi connectivity index (χ3n) is 3.39. The first kappa shape index (κ1) is 14.6. The molecule has 1 aliphatic heterocycles. The Morgan fingerprint density at radius 2 is 2.26 bits per heavy atom. The van der Waals surface area contributed by atoms with E-state index in [0.29, 0.717) is 10.7 Å². The van der Waals surface area contributed by atoms with Crippen LogP contribution in [0.3, 0.4) is 0 Å². The van der Waals surface area contributed by atoms with Gasteiger partial charge in [0, 0.05) is 5.02 Å². The zero-order valence-electron chi connectivity index (χ0n) is 10.9. The molecular formula is C13H19ClN2O2S. The summed E-state index contributed by atoms with van der Waals surface area (Å²) in [6.45, 7) is 3.56. The Labute approximate surface area is 119 Å². The smallest absolute Gasteiger partial charge is 0.233 e. The minimum atomic E-state index is -3.32. The summed E-state index contributed by atoms with van der Waals surface area (Å²) in [5.41, 5.74) is 1.32.